The van der Waals surface area contributed by atoms with Crippen LogP contribution < -0.4 is 0 Å². The number of amides is 1. The zero-order valence-electron chi connectivity index (χ0n) is 12.4. The van der Waals surface area contributed by atoms with Gasteiger partial charge in [0.25, 0.3) is 5.91 Å². The fraction of sp³-hybridized carbons (Fsp3) is 0.375. The molecule has 0 aliphatic carbocycles. The first-order valence-corrected chi connectivity index (χ1v) is 10.2. The summed E-state index contributed by atoms with van der Waals surface area (Å²) in [4.78, 5) is 18.4. The topological polar surface area (TPSA) is 33.2 Å². The molecule has 0 saturated carbocycles. The van der Waals surface area contributed by atoms with Gasteiger partial charge in [-0.2, -0.15) is 0 Å². The first kappa shape index (κ1) is 15.9. The molecule has 3 nitrogen and oxygen atoms in total. The van der Waals surface area contributed by atoms with Crippen LogP contribution in [0.5, 0.6) is 0 Å². The van der Waals surface area contributed by atoms with E-state index in [2.05, 4.69) is 17.1 Å². The summed E-state index contributed by atoms with van der Waals surface area (Å²) in [6, 6.07) is 8.09. The summed E-state index contributed by atoms with van der Waals surface area (Å²) in [6.45, 7) is 0.554. The van der Waals surface area contributed by atoms with E-state index in [9.17, 15) is 4.79 Å². The van der Waals surface area contributed by atoms with Gasteiger partial charge in [-0.05, 0) is 35.6 Å². The van der Waals surface area contributed by atoms with E-state index in [0.717, 1.165) is 11.3 Å². The molecule has 0 spiro atoms. The highest BCUT2D eigenvalue weighted by molar-refractivity contribution is 8.16. The smallest absolute Gasteiger partial charge is 0.253 e. The van der Waals surface area contributed by atoms with Crippen LogP contribution in [0.15, 0.2) is 35.2 Å². The number of aromatic nitrogens is 1. The molecule has 0 N–H and O–H groups in total. The summed E-state index contributed by atoms with van der Waals surface area (Å²) in [5, 5.41) is 1.98. The number of carbonyl (C=O) groups is 1. The summed E-state index contributed by atoms with van der Waals surface area (Å²) in [5.74, 6) is 2.51. The zero-order chi connectivity index (χ0) is 15.4. The molecule has 3 rings (SSSR count). The van der Waals surface area contributed by atoms with Crippen molar-refractivity contribution in [1.29, 1.82) is 0 Å². The molecule has 2 aromatic rings. The quantitative estimate of drug-likeness (QED) is 0.824. The Labute approximate surface area is 143 Å². The van der Waals surface area contributed by atoms with Crippen molar-refractivity contribution in [3.63, 3.8) is 0 Å². The fourth-order valence-corrected chi connectivity index (χ4v) is 5.76. The predicted octanol–water partition coefficient (Wildman–Crippen LogP) is 4.28. The summed E-state index contributed by atoms with van der Waals surface area (Å²) in [5.41, 5.74) is 4.79. The molecule has 1 aliphatic rings. The van der Waals surface area contributed by atoms with Gasteiger partial charge in [0, 0.05) is 18.0 Å². The molecular formula is C16H18N2OS3. The average Bonchev–Trinajstić information content (AvgIpc) is 3.08. The number of benzene rings is 1. The molecule has 2 heterocycles. The van der Waals surface area contributed by atoms with Crippen molar-refractivity contribution in [2.75, 3.05) is 18.6 Å². The first-order chi connectivity index (χ1) is 10.7. The SMILES string of the molecule is CN(Cc1cscn1)C(=O)c1ccc(C2SCCCS2)cc1. The Hall–Kier alpha value is -0.980. The van der Waals surface area contributed by atoms with E-state index in [1.165, 1.54) is 23.5 Å². The molecule has 0 bridgehead atoms. The lowest BCUT2D eigenvalue weighted by atomic mass is 10.1. The number of hydrogen-bond acceptors (Lipinski definition) is 5. The van der Waals surface area contributed by atoms with Crippen LogP contribution in [0, 0.1) is 0 Å². The molecular weight excluding hydrogens is 332 g/mol. The molecule has 1 amide bonds. The van der Waals surface area contributed by atoms with E-state index < -0.39 is 0 Å². The highest BCUT2D eigenvalue weighted by Gasteiger charge is 2.18. The maximum Gasteiger partial charge on any atom is 0.253 e. The van der Waals surface area contributed by atoms with Crippen molar-refractivity contribution in [2.24, 2.45) is 0 Å². The highest BCUT2D eigenvalue weighted by Crippen LogP contribution is 2.43. The third-order valence-electron chi connectivity index (χ3n) is 3.49. The largest absolute Gasteiger partial charge is 0.336 e. The molecule has 0 atom stereocenters. The van der Waals surface area contributed by atoms with E-state index in [4.69, 9.17) is 0 Å². The molecule has 0 unspecified atom stereocenters. The Morgan fingerprint density at radius 3 is 2.64 bits per heavy atom. The van der Waals surface area contributed by atoms with Crippen LogP contribution in [0.1, 0.15) is 32.6 Å². The second-order valence-corrected chi connectivity index (χ2v) is 8.63. The monoisotopic (exact) mass is 350 g/mol. The van der Waals surface area contributed by atoms with Crippen molar-refractivity contribution >= 4 is 40.8 Å². The van der Waals surface area contributed by atoms with Gasteiger partial charge in [-0.25, -0.2) is 4.98 Å². The van der Waals surface area contributed by atoms with Crippen molar-refractivity contribution in [1.82, 2.24) is 9.88 Å². The number of hydrogen-bond donors (Lipinski definition) is 0. The van der Waals surface area contributed by atoms with Crippen LogP contribution >= 0.6 is 34.9 Å². The predicted molar refractivity (Wildman–Crippen MR) is 96.6 cm³/mol. The van der Waals surface area contributed by atoms with Crippen LogP contribution in [0.25, 0.3) is 0 Å². The van der Waals surface area contributed by atoms with Crippen LogP contribution in [-0.4, -0.2) is 34.3 Å². The van der Waals surface area contributed by atoms with Gasteiger partial charge in [0.05, 0.1) is 22.3 Å². The van der Waals surface area contributed by atoms with Gasteiger partial charge in [0.15, 0.2) is 0 Å². The molecule has 1 aromatic carbocycles. The highest BCUT2D eigenvalue weighted by atomic mass is 32.2. The Morgan fingerprint density at radius 1 is 1.27 bits per heavy atom. The molecule has 1 saturated heterocycles. The molecule has 6 heteroatoms. The number of nitrogens with zero attached hydrogens (tertiary/aromatic N) is 2. The molecule has 116 valence electrons. The molecule has 1 fully saturated rings. The minimum absolute atomic E-state index is 0.0449. The maximum absolute atomic E-state index is 12.4. The summed E-state index contributed by atoms with van der Waals surface area (Å²) in [6.07, 6.45) is 1.30. The van der Waals surface area contributed by atoms with Gasteiger partial charge < -0.3 is 4.90 Å². The number of rotatable bonds is 4. The normalized spacial score (nSPS) is 15.7. The Balaban J connectivity index is 1.65. The molecule has 22 heavy (non-hydrogen) atoms. The third kappa shape index (κ3) is 3.86. The minimum Gasteiger partial charge on any atom is -0.336 e. The van der Waals surface area contributed by atoms with Gasteiger partial charge in [-0.3, -0.25) is 4.79 Å². The molecule has 1 aromatic heterocycles. The van der Waals surface area contributed by atoms with Crippen LogP contribution in [0.2, 0.25) is 0 Å². The Kier molecular flexibility index (Phi) is 5.44. The number of carbonyl (C=O) groups excluding carboxylic acids is 1. The van der Waals surface area contributed by atoms with Crippen molar-refractivity contribution in [3.05, 3.63) is 52.0 Å². The molecule has 0 radical (unpaired) electrons. The second-order valence-electron chi connectivity index (χ2n) is 5.19. The summed E-state index contributed by atoms with van der Waals surface area (Å²) in [7, 11) is 1.82. The number of thioether (sulfide) groups is 2. The van der Waals surface area contributed by atoms with Crippen LogP contribution in [-0.2, 0) is 6.54 Å². The fourth-order valence-electron chi connectivity index (χ4n) is 2.31. The minimum atomic E-state index is 0.0449. The zero-order valence-corrected chi connectivity index (χ0v) is 14.8. The first-order valence-electron chi connectivity index (χ1n) is 7.20. The van der Waals surface area contributed by atoms with E-state index in [0.29, 0.717) is 11.1 Å². The lowest BCUT2D eigenvalue weighted by molar-refractivity contribution is 0.0783. The lowest BCUT2D eigenvalue weighted by Crippen LogP contribution is -2.26. The number of thiazole rings is 1. The average molecular weight is 351 g/mol. The van der Waals surface area contributed by atoms with E-state index in [-0.39, 0.29) is 5.91 Å². The van der Waals surface area contributed by atoms with Gasteiger partial charge in [0.1, 0.15) is 0 Å². The van der Waals surface area contributed by atoms with Gasteiger partial charge >= 0.3 is 0 Å². The van der Waals surface area contributed by atoms with Crippen molar-refractivity contribution in [2.45, 2.75) is 17.5 Å². The molecule has 1 aliphatic heterocycles. The standard InChI is InChI=1S/C16H18N2OS3/c1-18(9-14-10-20-11-17-14)15(19)12-3-5-13(6-4-12)16-21-7-2-8-22-16/h3-6,10-11,16H,2,7-9H2,1H3. The lowest BCUT2D eigenvalue weighted by Gasteiger charge is -2.21. The van der Waals surface area contributed by atoms with Gasteiger partial charge in [0.2, 0.25) is 0 Å². The van der Waals surface area contributed by atoms with E-state index in [1.54, 1.807) is 21.7 Å². The van der Waals surface area contributed by atoms with Crippen molar-refractivity contribution < 1.29 is 4.79 Å². The summed E-state index contributed by atoms with van der Waals surface area (Å²) >= 11 is 5.55. The van der Waals surface area contributed by atoms with E-state index >= 15 is 0 Å². The van der Waals surface area contributed by atoms with Crippen LogP contribution in [0.3, 0.4) is 0 Å². The van der Waals surface area contributed by atoms with Crippen molar-refractivity contribution in [3.8, 4) is 0 Å². The Morgan fingerprint density at radius 2 is 2.00 bits per heavy atom. The van der Waals surface area contributed by atoms with Crippen LogP contribution in [0.4, 0.5) is 0 Å². The van der Waals surface area contributed by atoms with Gasteiger partial charge in [-0.15, -0.1) is 34.9 Å². The maximum atomic E-state index is 12.4. The summed E-state index contributed by atoms with van der Waals surface area (Å²) < 4.78 is 0.519. The second kappa shape index (κ2) is 7.53. The Bertz CT molecular complexity index is 607. The van der Waals surface area contributed by atoms with E-state index in [1.807, 2.05) is 48.1 Å². The van der Waals surface area contributed by atoms with Gasteiger partial charge in [-0.1, -0.05) is 12.1 Å². The third-order valence-corrected chi connectivity index (χ3v) is 7.14.